The van der Waals surface area contributed by atoms with Crippen molar-refractivity contribution < 1.29 is 18.3 Å². The molecule has 2 rings (SSSR count). The third-order valence-corrected chi connectivity index (χ3v) is 5.87. The van der Waals surface area contributed by atoms with Crippen LogP contribution in [0.15, 0.2) is 4.90 Å². The minimum atomic E-state index is -3.67. The maximum atomic E-state index is 12.8. The molecule has 0 bridgehead atoms. The van der Waals surface area contributed by atoms with Crippen LogP contribution < -0.4 is 0 Å². The fraction of sp³-hybridized carbons (Fsp3) is 0.750. The van der Waals surface area contributed by atoms with Crippen LogP contribution in [-0.2, 0) is 21.4 Å². The number of nitrogens with one attached hydrogen (secondary N) is 1. The Hall–Kier alpha value is -0.960. The van der Waals surface area contributed by atoms with Gasteiger partial charge in [0.2, 0.25) is 10.0 Å². The normalized spacial score (nSPS) is 25.0. The van der Waals surface area contributed by atoms with Crippen LogP contribution in [0.4, 0.5) is 0 Å². The SMILES string of the molecule is COC1(C)CCCN(S(=O)(=O)c2c(CO)n[nH]c2C)C1. The molecule has 2 heterocycles. The molecule has 0 aromatic carbocycles. The van der Waals surface area contributed by atoms with Gasteiger partial charge in [-0.05, 0) is 26.7 Å². The van der Waals surface area contributed by atoms with Gasteiger partial charge in [-0.25, -0.2) is 8.42 Å². The number of aromatic nitrogens is 2. The van der Waals surface area contributed by atoms with E-state index in [1.807, 2.05) is 6.92 Å². The zero-order chi connectivity index (χ0) is 15.0. The summed E-state index contributed by atoms with van der Waals surface area (Å²) in [7, 11) is -2.08. The van der Waals surface area contributed by atoms with Gasteiger partial charge in [0.25, 0.3) is 0 Å². The quantitative estimate of drug-likeness (QED) is 0.839. The number of nitrogens with zero attached hydrogens (tertiary/aromatic N) is 2. The second kappa shape index (κ2) is 5.44. The smallest absolute Gasteiger partial charge is 0.246 e. The fourth-order valence-electron chi connectivity index (χ4n) is 2.58. The van der Waals surface area contributed by atoms with Gasteiger partial charge in [0.15, 0.2) is 0 Å². The number of aryl methyl sites for hydroxylation is 1. The number of H-pyrrole nitrogens is 1. The number of sulfonamides is 1. The monoisotopic (exact) mass is 303 g/mol. The minimum Gasteiger partial charge on any atom is -0.390 e. The highest BCUT2D eigenvalue weighted by Gasteiger charge is 2.39. The van der Waals surface area contributed by atoms with Gasteiger partial charge < -0.3 is 9.84 Å². The van der Waals surface area contributed by atoms with Crippen molar-refractivity contribution >= 4 is 10.0 Å². The number of aliphatic hydroxyl groups excluding tert-OH is 1. The molecule has 7 nitrogen and oxygen atoms in total. The van der Waals surface area contributed by atoms with E-state index in [1.165, 1.54) is 4.31 Å². The zero-order valence-corrected chi connectivity index (χ0v) is 12.8. The Morgan fingerprint density at radius 3 is 2.85 bits per heavy atom. The Morgan fingerprint density at radius 1 is 1.55 bits per heavy atom. The van der Waals surface area contributed by atoms with Crippen LogP contribution in [-0.4, -0.2) is 53.8 Å². The molecular weight excluding hydrogens is 282 g/mol. The minimum absolute atomic E-state index is 0.0837. The van der Waals surface area contributed by atoms with E-state index in [0.29, 0.717) is 18.8 Å². The van der Waals surface area contributed by atoms with E-state index in [-0.39, 0.29) is 10.6 Å². The van der Waals surface area contributed by atoms with Crippen LogP contribution in [0.25, 0.3) is 0 Å². The molecule has 1 fully saturated rings. The van der Waals surface area contributed by atoms with Crippen molar-refractivity contribution in [3.05, 3.63) is 11.4 Å². The lowest BCUT2D eigenvalue weighted by atomic mass is 9.96. The number of hydrogen-bond acceptors (Lipinski definition) is 5. The molecule has 1 aromatic rings. The largest absolute Gasteiger partial charge is 0.390 e. The molecule has 1 aliphatic rings. The standard InChI is InChI=1S/C12H21N3O4S/c1-9-11(10(7-16)14-13-9)20(17,18)15-6-4-5-12(2,8-15)19-3/h16H,4-8H2,1-3H3,(H,13,14). The summed E-state index contributed by atoms with van der Waals surface area (Å²) in [5, 5.41) is 15.7. The first-order valence-electron chi connectivity index (χ1n) is 6.54. The molecule has 1 aliphatic heterocycles. The summed E-state index contributed by atoms with van der Waals surface area (Å²) in [5.41, 5.74) is 0.133. The topological polar surface area (TPSA) is 95.5 Å². The van der Waals surface area contributed by atoms with Gasteiger partial charge >= 0.3 is 0 Å². The van der Waals surface area contributed by atoms with Crippen LogP contribution in [0, 0.1) is 6.92 Å². The Morgan fingerprint density at radius 2 is 2.25 bits per heavy atom. The molecule has 0 saturated carbocycles. The zero-order valence-electron chi connectivity index (χ0n) is 12.0. The van der Waals surface area contributed by atoms with Crippen molar-refractivity contribution in [1.82, 2.24) is 14.5 Å². The predicted molar refractivity (Wildman–Crippen MR) is 72.7 cm³/mol. The van der Waals surface area contributed by atoms with E-state index in [2.05, 4.69) is 10.2 Å². The molecule has 0 radical (unpaired) electrons. The van der Waals surface area contributed by atoms with Gasteiger partial charge in [0.1, 0.15) is 10.6 Å². The maximum Gasteiger partial charge on any atom is 0.246 e. The molecular formula is C12H21N3O4S. The molecule has 0 aliphatic carbocycles. The number of aliphatic hydroxyl groups is 1. The van der Waals surface area contributed by atoms with Gasteiger partial charge in [-0.2, -0.15) is 9.40 Å². The first-order chi connectivity index (χ1) is 9.34. The Kier molecular flexibility index (Phi) is 4.19. The lowest BCUT2D eigenvalue weighted by molar-refractivity contribution is -0.0319. The third-order valence-electron chi connectivity index (χ3n) is 3.83. The average Bonchev–Trinajstić information content (AvgIpc) is 2.80. The van der Waals surface area contributed by atoms with Gasteiger partial charge in [-0.1, -0.05) is 0 Å². The van der Waals surface area contributed by atoms with Crippen molar-refractivity contribution in [3.8, 4) is 0 Å². The van der Waals surface area contributed by atoms with E-state index >= 15 is 0 Å². The van der Waals surface area contributed by atoms with Crippen LogP contribution >= 0.6 is 0 Å². The second-order valence-corrected chi connectivity index (χ2v) is 7.25. The van der Waals surface area contributed by atoms with E-state index in [0.717, 1.165) is 12.8 Å². The number of piperidine rings is 1. The molecule has 1 aromatic heterocycles. The summed E-state index contributed by atoms with van der Waals surface area (Å²) >= 11 is 0. The number of hydrogen-bond donors (Lipinski definition) is 2. The Balaban J connectivity index is 2.37. The van der Waals surface area contributed by atoms with Crippen molar-refractivity contribution in [2.75, 3.05) is 20.2 Å². The van der Waals surface area contributed by atoms with E-state index in [1.54, 1.807) is 14.0 Å². The molecule has 8 heteroatoms. The first kappa shape index (κ1) is 15.4. The van der Waals surface area contributed by atoms with Crippen LogP contribution in [0.5, 0.6) is 0 Å². The lowest BCUT2D eigenvalue weighted by Crippen LogP contribution is -2.49. The van der Waals surface area contributed by atoms with Crippen molar-refractivity contribution in [3.63, 3.8) is 0 Å². The number of methoxy groups -OCH3 is 1. The first-order valence-corrected chi connectivity index (χ1v) is 7.98. The second-order valence-electron chi connectivity index (χ2n) is 5.38. The lowest BCUT2D eigenvalue weighted by Gasteiger charge is -2.38. The fourth-order valence-corrected chi connectivity index (χ4v) is 4.49. The molecule has 0 amide bonds. The molecule has 20 heavy (non-hydrogen) atoms. The van der Waals surface area contributed by atoms with Gasteiger partial charge in [-0.3, -0.25) is 5.10 Å². The summed E-state index contributed by atoms with van der Waals surface area (Å²) in [6, 6.07) is 0. The summed E-state index contributed by atoms with van der Waals surface area (Å²) in [5.74, 6) is 0. The summed E-state index contributed by atoms with van der Waals surface area (Å²) in [6.45, 7) is 3.90. The maximum absolute atomic E-state index is 12.8. The van der Waals surface area contributed by atoms with E-state index in [9.17, 15) is 13.5 Å². The van der Waals surface area contributed by atoms with Crippen molar-refractivity contribution in [1.29, 1.82) is 0 Å². The van der Waals surface area contributed by atoms with Crippen LogP contribution in [0.3, 0.4) is 0 Å². The van der Waals surface area contributed by atoms with E-state index < -0.39 is 22.2 Å². The van der Waals surface area contributed by atoms with Gasteiger partial charge in [-0.15, -0.1) is 0 Å². The highest BCUT2D eigenvalue weighted by atomic mass is 32.2. The highest BCUT2D eigenvalue weighted by Crippen LogP contribution is 2.30. The van der Waals surface area contributed by atoms with Crippen molar-refractivity contribution in [2.24, 2.45) is 0 Å². The summed E-state index contributed by atoms with van der Waals surface area (Å²) in [6.07, 6.45) is 1.57. The molecule has 114 valence electrons. The number of rotatable bonds is 4. The molecule has 1 unspecified atom stereocenters. The summed E-state index contributed by atoms with van der Waals surface area (Å²) < 4.78 is 32.3. The predicted octanol–water partition coefficient (Wildman–Crippen LogP) is 0.400. The number of ether oxygens (including phenoxy) is 1. The number of aromatic amines is 1. The van der Waals surface area contributed by atoms with Gasteiger partial charge in [0, 0.05) is 20.2 Å². The Bertz CT molecular complexity index is 584. The van der Waals surface area contributed by atoms with Crippen LogP contribution in [0.1, 0.15) is 31.2 Å². The van der Waals surface area contributed by atoms with E-state index in [4.69, 9.17) is 4.74 Å². The van der Waals surface area contributed by atoms with Crippen molar-refractivity contribution in [2.45, 2.75) is 43.8 Å². The Labute approximate surface area is 119 Å². The molecule has 1 saturated heterocycles. The molecule has 2 N–H and O–H groups in total. The average molecular weight is 303 g/mol. The summed E-state index contributed by atoms with van der Waals surface area (Å²) in [4.78, 5) is 0.0837. The van der Waals surface area contributed by atoms with Crippen LogP contribution in [0.2, 0.25) is 0 Å². The third kappa shape index (κ3) is 2.60. The molecule has 0 spiro atoms. The highest BCUT2D eigenvalue weighted by molar-refractivity contribution is 7.89. The van der Waals surface area contributed by atoms with Gasteiger partial charge in [0.05, 0.1) is 17.9 Å². The molecule has 1 atom stereocenters.